The Morgan fingerprint density at radius 1 is 0.542 bits per heavy atom. The van der Waals surface area contributed by atoms with Crippen LogP contribution in [0.25, 0.3) is 0 Å². The summed E-state index contributed by atoms with van der Waals surface area (Å²) in [6.07, 6.45) is -0.879. The van der Waals surface area contributed by atoms with Crippen LogP contribution in [0.4, 0.5) is 0 Å². The molecular formula is C45H48BN2O11. The van der Waals surface area contributed by atoms with Gasteiger partial charge in [-0.1, -0.05) is 121 Å². The molecule has 0 bridgehead atoms. The van der Waals surface area contributed by atoms with Gasteiger partial charge in [0.05, 0.1) is 17.8 Å². The molecule has 0 fully saturated rings. The molecule has 307 valence electrons. The van der Waals surface area contributed by atoms with Crippen LogP contribution in [0.3, 0.4) is 0 Å². The normalized spacial score (nSPS) is 12.1. The van der Waals surface area contributed by atoms with Gasteiger partial charge in [-0.05, 0) is 41.5 Å². The monoisotopic (exact) mass is 803 g/mol. The Morgan fingerprint density at radius 2 is 0.932 bits per heavy atom. The smallest absolute Gasteiger partial charge is 0.384 e. The van der Waals surface area contributed by atoms with Crippen molar-refractivity contribution in [2.45, 2.75) is 83.2 Å². The topological polar surface area (TPSA) is 184 Å². The molecule has 0 aliphatic heterocycles. The number of nitrogens with one attached hydrogen (secondary N) is 2. The highest BCUT2D eigenvalue weighted by Gasteiger charge is 2.32. The summed E-state index contributed by atoms with van der Waals surface area (Å²) in [5, 5.41) is 9.96. The Morgan fingerprint density at radius 3 is 1.36 bits per heavy atom. The van der Waals surface area contributed by atoms with E-state index in [1.54, 1.807) is 72.8 Å². The quantitative estimate of drug-likeness (QED) is 0.0236. The van der Waals surface area contributed by atoms with Crippen LogP contribution in [-0.4, -0.2) is 55.5 Å². The van der Waals surface area contributed by atoms with Gasteiger partial charge in [-0.25, -0.2) is 0 Å². The first-order valence-corrected chi connectivity index (χ1v) is 19.3. The summed E-state index contributed by atoms with van der Waals surface area (Å²) in [6, 6.07) is 34.8. The van der Waals surface area contributed by atoms with Crippen LogP contribution in [0.15, 0.2) is 121 Å². The van der Waals surface area contributed by atoms with E-state index in [0.717, 1.165) is 24.2 Å². The predicted octanol–water partition coefficient (Wildman–Crippen LogP) is 6.39. The van der Waals surface area contributed by atoms with E-state index >= 15 is 0 Å². The zero-order valence-corrected chi connectivity index (χ0v) is 32.7. The molecule has 0 aliphatic carbocycles. The molecule has 4 aromatic rings. The fourth-order valence-corrected chi connectivity index (χ4v) is 5.78. The molecule has 1 radical (unpaired) electrons. The minimum atomic E-state index is -1.30. The average Bonchev–Trinajstić information content (AvgIpc) is 3.27. The number of benzene rings is 4. The van der Waals surface area contributed by atoms with E-state index in [0.29, 0.717) is 12.0 Å². The van der Waals surface area contributed by atoms with E-state index in [4.69, 9.17) is 29.0 Å². The molecule has 0 aliphatic rings. The van der Waals surface area contributed by atoms with Crippen LogP contribution in [0.1, 0.15) is 67.2 Å². The predicted molar refractivity (Wildman–Crippen MR) is 217 cm³/mol. The SMILES string of the molecule is N=CO[B]C(CCC(=O)OCc1ccccc1)C(=O)NC(CCC(=O)OCc1ccccc1)C(=O)CC(CCC(=O)OCc1ccccc1)C(=O)OCc1ccccc1. The van der Waals surface area contributed by atoms with E-state index in [9.17, 15) is 28.8 Å². The molecule has 0 spiro atoms. The summed E-state index contributed by atoms with van der Waals surface area (Å²) in [7, 11) is 1.06. The van der Waals surface area contributed by atoms with Crippen molar-refractivity contribution in [1.29, 1.82) is 5.41 Å². The number of carbonyl (C=O) groups excluding carboxylic acids is 6. The average molecular weight is 804 g/mol. The lowest BCUT2D eigenvalue weighted by molar-refractivity contribution is -0.153. The van der Waals surface area contributed by atoms with Crippen molar-refractivity contribution in [3.8, 4) is 0 Å². The highest BCUT2D eigenvalue weighted by Crippen LogP contribution is 2.21. The van der Waals surface area contributed by atoms with Gasteiger partial charge in [0.15, 0.2) is 5.78 Å². The number of rotatable bonds is 26. The molecule has 3 atom stereocenters. The van der Waals surface area contributed by atoms with Gasteiger partial charge >= 0.3 is 31.4 Å². The van der Waals surface area contributed by atoms with Crippen molar-refractivity contribution >= 4 is 49.5 Å². The van der Waals surface area contributed by atoms with E-state index in [-0.39, 0.29) is 65.0 Å². The van der Waals surface area contributed by atoms with E-state index < -0.39 is 59.8 Å². The summed E-state index contributed by atoms with van der Waals surface area (Å²) in [4.78, 5) is 79.6. The Kier molecular flexibility index (Phi) is 19.6. The maximum absolute atomic E-state index is 14.1. The van der Waals surface area contributed by atoms with Gasteiger partial charge in [-0.3, -0.25) is 34.2 Å². The molecule has 4 aromatic carbocycles. The van der Waals surface area contributed by atoms with Crippen LogP contribution in [0.5, 0.6) is 0 Å². The van der Waals surface area contributed by atoms with Crippen LogP contribution in [0, 0.1) is 11.3 Å². The molecule has 4 rings (SSSR count). The summed E-state index contributed by atoms with van der Waals surface area (Å²) in [5.74, 6) is -6.09. The summed E-state index contributed by atoms with van der Waals surface area (Å²) in [6.45, 7) is -0.0119. The first-order valence-electron chi connectivity index (χ1n) is 19.3. The van der Waals surface area contributed by atoms with Crippen molar-refractivity contribution in [1.82, 2.24) is 5.32 Å². The van der Waals surface area contributed by atoms with E-state index in [2.05, 4.69) is 5.32 Å². The number of ketones is 1. The largest absolute Gasteiger partial charge is 0.555 e. The third-order valence-electron chi connectivity index (χ3n) is 9.08. The molecule has 3 unspecified atom stereocenters. The van der Waals surface area contributed by atoms with Gasteiger partial charge in [0.25, 0.3) is 0 Å². The summed E-state index contributed by atoms with van der Waals surface area (Å²) < 4.78 is 26.7. The maximum atomic E-state index is 14.1. The lowest BCUT2D eigenvalue weighted by atomic mass is 9.75. The zero-order valence-electron chi connectivity index (χ0n) is 32.7. The fourth-order valence-electron chi connectivity index (χ4n) is 5.78. The minimum absolute atomic E-state index is 0.00127. The van der Waals surface area contributed by atoms with Gasteiger partial charge in [-0.2, -0.15) is 0 Å². The second-order valence-corrected chi connectivity index (χ2v) is 13.6. The highest BCUT2D eigenvalue weighted by molar-refractivity contribution is 6.39. The van der Waals surface area contributed by atoms with Crippen molar-refractivity contribution < 1.29 is 52.4 Å². The standard InChI is InChI=1S/C45H48BN2O11/c47-32-59-46-38(22-25-42(51)56-29-34-15-7-2-8-16-34)44(53)48-39(23-26-43(52)57-30-35-17-9-3-10-18-35)40(49)27-37(45(54)58-31-36-19-11-4-12-20-36)21-24-41(50)55-28-33-13-5-1-6-14-33/h1-20,32,37-39,47H,21-31H2,(H,48,53). The number of hydrogen-bond acceptors (Lipinski definition) is 12. The van der Waals surface area contributed by atoms with Crippen LogP contribution >= 0.6 is 0 Å². The molecule has 1 amide bonds. The Balaban J connectivity index is 1.46. The molecule has 0 saturated carbocycles. The van der Waals surface area contributed by atoms with Crippen molar-refractivity contribution in [3.05, 3.63) is 144 Å². The van der Waals surface area contributed by atoms with Crippen molar-refractivity contribution in [2.75, 3.05) is 0 Å². The van der Waals surface area contributed by atoms with Crippen LogP contribution in [0.2, 0.25) is 5.82 Å². The molecule has 2 N–H and O–H groups in total. The third kappa shape index (κ3) is 17.6. The van der Waals surface area contributed by atoms with E-state index in [1.165, 1.54) is 0 Å². The molecule has 0 aromatic heterocycles. The first kappa shape index (κ1) is 45.1. The Bertz CT molecular complexity index is 1930. The molecule has 0 saturated heterocycles. The molecule has 14 heteroatoms. The lowest BCUT2D eigenvalue weighted by Crippen LogP contribution is -2.45. The van der Waals surface area contributed by atoms with Gasteiger partial charge in [0, 0.05) is 25.7 Å². The van der Waals surface area contributed by atoms with Gasteiger partial charge < -0.3 is 28.9 Å². The molecule has 59 heavy (non-hydrogen) atoms. The number of ether oxygens (including phenoxy) is 4. The maximum Gasteiger partial charge on any atom is 0.384 e. The first-order chi connectivity index (χ1) is 28.7. The molecular weight excluding hydrogens is 755 g/mol. The minimum Gasteiger partial charge on any atom is -0.555 e. The second kappa shape index (κ2) is 25.6. The zero-order chi connectivity index (χ0) is 42.1. The number of esters is 4. The lowest BCUT2D eigenvalue weighted by Gasteiger charge is -2.23. The number of carbonyl (C=O) groups is 6. The number of Topliss-reactive ketones (excluding diaryl/α,β-unsaturated/α-hetero) is 1. The van der Waals surface area contributed by atoms with Gasteiger partial charge in [0.1, 0.15) is 32.8 Å². The van der Waals surface area contributed by atoms with Crippen molar-refractivity contribution in [3.63, 3.8) is 0 Å². The summed E-state index contributed by atoms with van der Waals surface area (Å²) >= 11 is 0. The molecule has 13 nitrogen and oxygen atoms in total. The summed E-state index contributed by atoms with van der Waals surface area (Å²) in [5.41, 5.74) is 3.03. The van der Waals surface area contributed by atoms with Crippen LogP contribution < -0.4 is 5.32 Å². The Hall–Kier alpha value is -6.57. The van der Waals surface area contributed by atoms with E-state index in [1.807, 2.05) is 48.5 Å². The second-order valence-electron chi connectivity index (χ2n) is 13.6. The fraction of sp³-hybridized carbons (Fsp3) is 0.311. The van der Waals surface area contributed by atoms with Gasteiger partial charge in [0.2, 0.25) is 5.91 Å². The Labute approximate surface area is 344 Å². The van der Waals surface area contributed by atoms with Crippen LogP contribution in [-0.2, 0) is 78.8 Å². The number of hydrogen-bond donors (Lipinski definition) is 2. The molecule has 0 heterocycles. The number of amides is 1. The third-order valence-corrected chi connectivity index (χ3v) is 9.08. The van der Waals surface area contributed by atoms with Crippen molar-refractivity contribution in [2.24, 2.45) is 5.92 Å². The van der Waals surface area contributed by atoms with Gasteiger partial charge in [-0.15, -0.1) is 0 Å². The highest BCUT2D eigenvalue weighted by atomic mass is 16.5.